The van der Waals surface area contributed by atoms with E-state index in [4.69, 9.17) is 5.11 Å². The lowest BCUT2D eigenvalue weighted by molar-refractivity contribution is -0.137. The molecule has 0 rings (SSSR count). The Morgan fingerprint density at radius 1 is 1.38 bits per heavy atom. The highest BCUT2D eigenvalue weighted by Crippen LogP contribution is 2.22. The fourth-order valence-corrected chi connectivity index (χ4v) is 2.76. The molecule has 0 aliphatic heterocycles. The van der Waals surface area contributed by atoms with Crippen molar-refractivity contribution in [2.75, 3.05) is 5.75 Å². The van der Waals surface area contributed by atoms with Gasteiger partial charge < -0.3 is 5.11 Å². The van der Waals surface area contributed by atoms with Gasteiger partial charge in [0.1, 0.15) is 5.25 Å². The highest BCUT2D eigenvalue weighted by atomic mass is 32.2. The topological polar surface area (TPSA) is 54.4 Å². The Bertz CT molecular complexity index is 263. The van der Waals surface area contributed by atoms with E-state index in [-0.39, 0.29) is 18.1 Å². The molecule has 0 saturated carbocycles. The SMILES string of the molecule is CC(C)C(C(=O)O)S(=O)CCCC(F)(F)F. The van der Waals surface area contributed by atoms with Gasteiger partial charge in [-0.25, -0.2) is 0 Å². The van der Waals surface area contributed by atoms with Gasteiger partial charge in [-0.05, 0) is 12.3 Å². The van der Waals surface area contributed by atoms with E-state index in [1.807, 2.05) is 0 Å². The number of alkyl halides is 3. The summed E-state index contributed by atoms with van der Waals surface area (Å²) in [6.07, 6.45) is -5.60. The fraction of sp³-hybridized carbons (Fsp3) is 0.889. The molecule has 0 fully saturated rings. The van der Waals surface area contributed by atoms with Crippen molar-refractivity contribution in [3.8, 4) is 0 Å². The molecule has 96 valence electrons. The largest absolute Gasteiger partial charge is 0.480 e. The molecular weight excluding hydrogens is 245 g/mol. The minimum Gasteiger partial charge on any atom is -0.480 e. The van der Waals surface area contributed by atoms with Gasteiger partial charge in [0.05, 0.1) is 0 Å². The minimum absolute atomic E-state index is 0.228. The molecule has 0 aliphatic rings. The molecule has 0 radical (unpaired) electrons. The van der Waals surface area contributed by atoms with E-state index >= 15 is 0 Å². The number of hydrogen-bond donors (Lipinski definition) is 1. The summed E-state index contributed by atoms with van der Waals surface area (Å²) in [5.41, 5.74) is 0. The lowest BCUT2D eigenvalue weighted by atomic mass is 10.1. The lowest BCUT2D eigenvalue weighted by Crippen LogP contribution is -2.32. The Labute approximate surface area is 94.5 Å². The maximum atomic E-state index is 11.8. The molecule has 0 aromatic rings. The summed E-state index contributed by atoms with van der Waals surface area (Å²) in [4.78, 5) is 10.7. The molecule has 7 heteroatoms. The van der Waals surface area contributed by atoms with Gasteiger partial charge >= 0.3 is 12.1 Å². The van der Waals surface area contributed by atoms with E-state index in [1.54, 1.807) is 13.8 Å². The van der Waals surface area contributed by atoms with Crippen LogP contribution in [0.25, 0.3) is 0 Å². The number of hydrogen-bond acceptors (Lipinski definition) is 2. The Kier molecular flexibility index (Phi) is 5.99. The van der Waals surface area contributed by atoms with Gasteiger partial charge in [0.2, 0.25) is 0 Å². The molecule has 2 atom stereocenters. The molecular formula is C9H15F3O3S. The molecule has 0 aromatic carbocycles. The molecule has 0 aromatic heterocycles. The predicted octanol–water partition coefficient (Wildman–Crippen LogP) is 2.19. The number of carbonyl (C=O) groups is 1. The maximum absolute atomic E-state index is 11.8. The Morgan fingerprint density at radius 3 is 2.19 bits per heavy atom. The van der Waals surface area contributed by atoms with Gasteiger partial charge in [0.25, 0.3) is 0 Å². The second-order valence-corrected chi connectivity index (χ2v) is 5.48. The summed E-state index contributed by atoms with van der Waals surface area (Å²) in [5, 5.41) is 7.67. The van der Waals surface area contributed by atoms with Crippen LogP contribution >= 0.6 is 0 Å². The molecule has 0 bridgehead atoms. The molecule has 1 N–H and O–H groups in total. The van der Waals surface area contributed by atoms with Gasteiger partial charge in [-0.1, -0.05) is 13.8 Å². The molecule has 0 amide bonds. The van der Waals surface area contributed by atoms with Crippen LogP contribution in [-0.2, 0) is 15.6 Å². The summed E-state index contributed by atoms with van der Waals surface area (Å²) in [6, 6.07) is 0. The van der Waals surface area contributed by atoms with Crippen LogP contribution in [0.15, 0.2) is 0 Å². The maximum Gasteiger partial charge on any atom is 0.389 e. The summed E-state index contributed by atoms with van der Waals surface area (Å²) in [6.45, 7) is 3.17. The van der Waals surface area contributed by atoms with Gasteiger partial charge in [0.15, 0.2) is 0 Å². The summed E-state index contributed by atoms with van der Waals surface area (Å²) < 4.78 is 46.9. The molecule has 0 spiro atoms. The monoisotopic (exact) mass is 260 g/mol. The first-order valence-corrected chi connectivity index (χ1v) is 6.20. The number of aliphatic carboxylic acids is 1. The van der Waals surface area contributed by atoms with E-state index in [0.717, 1.165) is 0 Å². The van der Waals surface area contributed by atoms with Crippen molar-refractivity contribution in [1.29, 1.82) is 0 Å². The van der Waals surface area contributed by atoms with E-state index in [1.165, 1.54) is 0 Å². The molecule has 0 saturated heterocycles. The van der Waals surface area contributed by atoms with Gasteiger partial charge in [-0.3, -0.25) is 9.00 Å². The van der Waals surface area contributed by atoms with Crippen LogP contribution in [0.3, 0.4) is 0 Å². The van der Waals surface area contributed by atoms with Crippen LogP contribution in [-0.4, -0.2) is 32.5 Å². The van der Waals surface area contributed by atoms with Crippen molar-refractivity contribution < 1.29 is 27.3 Å². The zero-order chi connectivity index (χ0) is 12.9. The van der Waals surface area contributed by atoms with Crippen molar-refractivity contribution >= 4 is 16.8 Å². The van der Waals surface area contributed by atoms with Crippen LogP contribution in [0.1, 0.15) is 26.7 Å². The van der Waals surface area contributed by atoms with Gasteiger partial charge in [-0.15, -0.1) is 0 Å². The highest BCUT2D eigenvalue weighted by Gasteiger charge is 2.30. The zero-order valence-electron chi connectivity index (χ0n) is 9.08. The number of rotatable bonds is 6. The molecule has 0 heterocycles. The van der Waals surface area contributed by atoms with Crippen LogP contribution in [0, 0.1) is 5.92 Å². The summed E-state index contributed by atoms with van der Waals surface area (Å²) >= 11 is 0. The van der Waals surface area contributed by atoms with Crippen molar-refractivity contribution in [2.24, 2.45) is 5.92 Å². The van der Waals surface area contributed by atoms with Crippen LogP contribution in [0.4, 0.5) is 13.2 Å². The molecule has 0 aliphatic carbocycles. The van der Waals surface area contributed by atoms with Crippen molar-refractivity contribution in [3.63, 3.8) is 0 Å². The summed E-state index contributed by atoms with van der Waals surface area (Å²) in [5.74, 6) is -1.81. The zero-order valence-corrected chi connectivity index (χ0v) is 9.90. The number of halogens is 3. The normalized spacial score (nSPS) is 16.1. The van der Waals surface area contributed by atoms with Crippen LogP contribution in [0.2, 0.25) is 0 Å². The van der Waals surface area contributed by atoms with E-state index in [9.17, 15) is 22.2 Å². The van der Waals surface area contributed by atoms with E-state index in [0.29, 0.717) is 0 Å². The minimum atomic E-state index is -4.28. The standard InChI is InChI=1S/C9H15F3O3S/c1-6(2)7(8(13)14)16(15)5-3-4-9(10,11)12/h6-7H,3-5H2,1-2H3,(H,13,14). The van der Waals surface area contributed by atoms with Crippen LogP contribution in [0.5, 0.6) is 0 Å². The third kappa shape index (κ3) is 6.09. The lowest BCUT2D eigenvalue weighted by Gasteiger charge is -2.15. The van der Waals surface area contributed by atoms with Crippen molar-refractivity contribution in [3.05, 3.63) is 0 Å². The molecule has 3 nitrogen and oxygen atoms in total. The first-order chi connectivity index (χ1) is 7.15. The van der Waals surface area contributed by atoms with Crippen molar-refractivity contribution in [2.45, 2.75) is 38.1 Å². The Morgan fingerprint density at radius 2 is 1.88 bits per heavy atom. The summed E-state index contributed by atoms with van der Waals surface area (Å²) in [7, 11) is -1.75. The van der Waals surface area contributed by atoms with Crippen molar-refractivity contribution in [1.82, 2.24) is 0 Å². The fourth-order valence-electron chi connectivity index (χ4n) is 1.24. The van der Waals surface area contributed by atoms with E-state index in [2.05, 4.69) is 0 Å². The number of carboxylic acid groups (broad SMARTS) is 1. The number of carboxylic acids is 1. The molecule has 16 heavy (non-hydrogen) atoms. The van der Waals surface area contributed by atoms with Gasteiger partial charge in [-0.2, -0.15) is 13.2 Å². The average molecular weight is 260 g/mol. The highest BCUT2D eigenvalue weighted by molar-refractivity contribution is 7.86. The smallest absolute Gasteiger partial charge is 0.389 e. The first kappa shape index (κ1) is 15.4. The third-order valence-electron chi connectivity index (χ3n) is 1.94. The quantitative estimate of drug-likeness (QED) is 0.796. The molecule has 2 unspecified atom stereocenters. The predicted molar refractivity (Wildman–Crippen MR) is 54.6 cm³/mol. The Balaban J connectivity index is 4.18. The average Bonchev–Trinajstić information content (AvgIpc) is 1.99. The second kappa shape index (κ2) is 6.22. The van der Waals surface area contributed by atoms with E-state index < -0.39 is 34.6 Å². The second-order valence-electron chi connectivity index (χ2n) is 3.81. The Hall–Kier alpha value is -0.590. The third-order valence-corrected chi connectivity index (χ3v) is 3.94. The van der Waals surface area contributed by atoms with Gasteiger partial charge in [0, 0.05) is 23.0 Å². The van der Waals surface area contributed by atoms with Crippen LogP contribution < -0.4 is 0 Å². The first-order valence-electron chi connectivity index (χ1n) is 4.82.